The monoisotopic (exact) mass is 367 g/mol. The minimum atomic E-state index is -0.215. The van der Waals surface area contributed by atoms with Crippen molar-refractivity contribution in [2.75, 3.05) is 19.4 Å². The van der Waals surface area contributed by atoms with Crippen molar-refractivity contribution in [3.8, 4) is 0 Å². The topological polar surface area (TPSA) is 78.9 Å². The fourth-order valence-corrected chi connectivity index (χ4v) is 2.77. The number of carbonyl (C=O) groups is 1. The number of amides is 1. The maximum absolute atomic E-state index is 12.2. The van der Waals surface area contributed by atoms with Crippen LogP contribution in [0.2, 0.25) is 0 Å². The van der Waals surface area contributed by atoms with Crippen molar-refractivity contribution in [2.45, 2.75) is 39.7 Å². The Labute approximate surface area is 161 Å². The molecule has 1 amide bonds. The predicted molar refractivity (Wildman–Crippen MR) is 111 cm³/mol. The SMILES string of the molecule is C=C(N[C@H](C)CC)c1cc(Cc2cncc(NC)c2C)nc(C(=O)NC)c1. The largest absolute Gasteiger partial charge is 0.387 e. The molecule has 0 radical (unpaired) electrons. The highest BCUT2D eigenvalue weighted by molar-refractivity contribution is 5.93. The molecule has 0 unspecified atom stereocenters. The molecule has 0 bridgehead atoms. The number of nitrogens with one attached hydrogen (secondary N) is 3. The van der Waals surface area contributed by atoms with Gasteiger partial charge in [-0.05, 0) is 43.5 Å². The quantitative estimate of drug-likeness (QED) is 0.668. The highest BCUT2D eigenvalue weighted by Crippen LogP contribution is 2.21. The van der Waals surface area contributed by atoms with E-state index in [1.165, 1.54) is 0 Å². The zero-order chi connectivity index (χ0) is 20.0. The number of hydrogen-bond donors (Lipinski definition) is 3. The number of aromatic nitrogens is 2. The number of rotatable bonds is 8. The summed E-state index contributed by atoms with van der Waals surface area (Å²) < 4.78 is 0. The Morgan fingerprint density at radius 2 is 2.00 bits per heavy atom. The average Bonchev–Trinajstić information content (AvgIpc) is 2.68. The average molecular weight is 367 g/mol. The fraction of sp³-hybridized carbons (Fsp3) is 0.381. The summed E-state index contributed by atoms with van der Waals surface area (Å²) in [6.45, 7) is 10.4. The summed E-state index contributed by atoms with van der Waals surface area (Å²) in [5.41, 5.74) is 6.01. The molecule has 144 valence electrons. The van der Waals surface area contributed by atoms with Gasteiger partial charge in [0, 0.05) is 49.7 Å². The number of pyridine rings is 2. The number of nitrogens with zero attached hydrogens (tertiary/aromatic N) is 2. The summed E-state index contributed by atoms with van der Waals surface area (Å²) in [7, 11) is 3.48. The van der Waals surface area contributed by atoms with Gasteiger partial charge in [0.1, 0.15) is 5.69 Å². The number of carbonyl (C=O) groups excluding carboxylic acids is 1. The Hall–Kier alpha value is -2.89. The second kappa shape index (κ2) is 9.16. The first-order valence-corrected chi connectivity index (χ1v) is 9.19. The van der Waals surface area contributed by atoms with Gasteiger partial charge in [-0.25, -0.2) is 4.98 Å². The molecule has 1 atom stereocenters. The summed E-state index contributed by atoms with van der Waals surface area (Å²) in [6.07, 6.45) is 5.22. The summed E-state index contributed by atoms with van der Waals surface area (Å²) in [5, 5.41) is 9.17. The van der Waals surface area contributed by atoms with Crippen LogP contribution in [0.25, 0.3) is 5.70 Å². The van der Waals surface area contributed by atoms with E-state index in [2.05, 4.69) is 53.3 Å². The van der Waals surface area contributed by atoms with Crippen molar-refractivity contribution in [3.63, 3.8) is 0 Å². The zero-order valence-corrected chi connectivity index (χ0v) is 16.8. The van der Waals surface area contributed by atoms with Gasteiger partial charge in [0.05, 0.1) is 11.9 Å². The lowest BCUT2D eigenvalue weighted by atomic mass is 10.0. The van der Waals surface area contributed by atoms with Gasteiger partial charge >= 0.3 is 0 Å². The number of hydrogen-bond acceptors (Lipinski definition) is 5. The van der Waals surface area contributed by atoms with Crippen LogP contribution < -0.4 is 16.0 Å². The molecule has 0 aliphatic heterocycles. The van der Waals surface area contributed by atoms with Crippen LogP contribution in [0.1, 0.15) is 53.1 Å². The Morgan fingerprint density at radius 1 is 1.26 bits per heavy atom. The Balaban J connectivity index is 2.42. The van der Waals surface area contributed by atoms with Crippen LogP contribution >= 0.6 is 0 Å². The van der Waals surface area contributed by atoms with Crippen LogP contribution in [0.3, 0.4) is 0 Å². The van der Waals surface area contributed by atoms with Crippen molar-refractivity contribution in [1.82, 2.24) is 20.6 Å². The first-order chi connectivity index (χ1) is 12.9. The summed E-state index contributed by atoms with van der Waals surface area (Å²) in [5.74, 6) is -0.215. The van der Waals surface area contributed by atoms with Crippen LogP contribution in [0.4, 0.5) is 5.69 Å². The van der Waals surface area contributed by atoms with E-state index in [0.717, 1.165) is 40.2 Å². The molecule has 0 fully saturated rings. The first-order valence-electron chi connectivity index (χ1n) is 9.19. The smallest absolute Gasteiger partial charge is 0.269 e. The van der Waals surface area contributed by atoms with Crippen LogP contribution in [0.5, 0.6) is 0 Å². The van der Waals surface area contributed by atoms with Crippen molar-refractivity contribution in [2.24, 2.45) is 0 Å². The molecule has 2 rings (SSSR count). The molecule has 2 heterocycles. The van der Waals surface area contributed by atoms with E-state index in [1.54, 1.807) is 19.3 Å². The molecule has 2 aromatic rings. The Kier molecular flexibility index (Phi) is 6.93. The maximum atomic E-state index is 12.2. The summed E-state index contributed by atoms with van der Waals surface area (Å²) in [4.78, 5) is 21.0. The lowest BCUT2D eigenvalue weighted by Crippen LogP contribution is -2.24. The minimum absolute atomic E-state index is 0.215. The lowest BCUT2D eigenvalue weighted by Gasteiger charge is -2.17. The van der Waals surface area contributed by atoms with Gasteiger partial charge in [-0.3, -0.25) is 9.78 Å². The molecule has 0 aromatic carbocycles. The highest BCUT2D eigenvalue weighted by Gasteiger charge is 2.13. The molecule has 3 N–H and O–H groups in total. The second-order valence-electron chi connectivity index (χ2n) is 6.64. The van der Waals surface area contributed by atoms with Crippen molar-refractivity contribution in [1.29, 1.82) is 0 Å². The van der Waals surface area contributed by atoms with Gasteiger partial charge in [-0.2, -0.15) is 0 Å². The first kappa shape index (κ1) is 20.4. The molecule has 6 nitrogen and oxygen atoms in total. The van der Waals surface area contributed by atoms with Gasteiger partial charge in [0.2, 0.25) is 0 Å². The Bertz CT molecular complexity index is 831. The van der Waals surface area contributed by atoms with E-state index in [1.807, 2.05) is 19.3 Å². The van der Waals surface area contributed by atoms with Gasteiger partial charge in [0.25, 0.3) is 5.91 Å². The molecule has 2 aromatic heterocycles. The normalized spacial score (nSPS) is 11.6. The van der Waals surface area contributed by atoms with E-state index in [-0.39, 0.29) is 5.91 Å². The molecular formula is C21H29N5O. The van der Waals surface area contributed by atoms with Crippen LogP contribution in [0, 0.1) is 6.92 Å². The number of anilines is 1. The molecule has 0 spiro atoms. The molecule has 0 saturated heterocycles. The third-order valence-corrected chi connectivity index (χ3v) is 4.68. The molecule has 6 heteroatoms. The molecule has 27 heavy (non-hydrogen) atoms. The maximum Gasteiger partial charge on any atom is 0.269 e. The van der Waals surface area contributed by atoms with Crippen LogP contribution in [0.15, 0.2) is 31.1 Å². The molecule has 0 aliphatic rings. The van der Waals surface area contributed by atoms with Crippen molar-refractivity contribution in [3.05, 3.63) is 59.2 Å². The van der Waals surface area contributed by atoms with E-state index >= 15 is 0 Å². The fourth-order valence-electron chi connectivity index (χ4n) is 2.77. The minimum Gasteiger partial charge on any atom is -0.387 e. The van der Waals surface area contributed by atoms with Crippen LogP contribution in [-0.4, -0.2) is 36.0 Å². The van der Waals surface area contributed by atoms with E-state index < -0.39 is 0 Å². The Morgan fingerprint density at radius 3 is 2.63 bits per heavy atom. The van der Waals surface area contributed by atoms with Crippen LogP contribution in [-0.2, 0) is 6.42 Å². The lowest BCUT2D eigenvalue weighted by molar-refractivity contribution is 0.0958. The van der Waals surface area contributed by atoms with Crippen molar-refractivity contribution >= 4 is 17.3 Å². The predicted octanol–water partition coefficient (Wildman–Crippen LogP) is 3.14. The molecular weight excluding hydrogens is 338 g/mol. The van der Waals surface area contributed by atoms with E-state index in [4.69, 9.17) is 0 Å². The van der Waals surface area contributed by atoms with Gasteiger partial charge < -0.3 is 16.0 Å². The van der Waals surface area contributed by atoms with E-state index in [9.17, 15) is 4.79 Å². The third kappa shape index (κ3) is 5.06. The second-order valence-corrected chi connectivity index (χ2v) is 6.64. The van der Waals surface area contributed by atoms with Gasteiger partial charge in [-0.1, -0.05) is 13.5 Å². The summed E-state index contributed by atoms with van der Waals surface area (Å²) in [6, 6.07) is 4.06. The third-order valence-electron chi connectivity index (χ3n) is 4.68. The van der Waals surface area contributed by atoms with Crippen molar-refractivity contribution < 1.29 is 4.79 Å². The summed E-state index contributed by atoms with van der Waals surface area (Å²) >= 11 is 0. The van der Waals surface area contributed by atoms with E-state index in [0.29, 0.717) is 18.2 Å². The van der Waals surface area contributed by atoms with Gasteiger partial charge in [0.15, 0.2) is 0 Å². The molecule has 0 aliphatic carbocycles. The zero-order valence-electron chi connectivity index (χ0n) is 16.8. The standard InChI is InChI=1S/C21H29N5O/c1-7-13(2)25-15(4)16-8-18(26-19(10-16)21(27)23-6)9-17-11-24-12-20(22-5)14(17)3/h8,10-13,22,25H,4,7,9H2,1-3,5-6H3,(H,23,27)/t13-/m1/s1. The molecule has 0 saturated carbocycles. The van der Waals surface area contributed by atoms with Gasteiger partial charge in [-0.15, -0.1) is 0 Å². The highest BCUT2D eigenvalue weighted by atomic mass is 16.1.